The summed E-state index contributed by atoms with van der Waals surface area (Å²) in [5.41, 5.74) is 9.33. The molecule has 5 heteroatoms. The van der Waals surface area contributed by atoms with Crippen molar-refractivity contribution in [2.24, 2.45) is 5.73 Å². The molecule has 1 aromatic heterocycles. The number of benzene rings is 1. The van der Waals surface area contributed by atoms with Gasteiger partial charge in [0, 0.05) is 18.7 Å². The number of nitrogens with zero attached hydrogens (tertiary/aromatic N) is 3. The summed E-state index contributed by atoms with van der Waals surface area (Å²) in [4.78, 5) is 18.6. The first-order valence-corrected chi connectivity index (χ1v) is 8.46. The fraction of sp³-hybridized carbons (Fsp3) is 0.474. The second kappa shape index (κ2) is 6.06. The van der Waals surface area contributed by atoms with Crippen LogP contribution in [0.1, 0.15) is 48.9 Å². The molecule has 1 amide bonds. The van der Waals surface area contributed by atoms with E-state index >= 15 is 0 Å². The number of hydrogen-bond acceptors (Lipinski definition) is 3. The molecule has 1 aliphatic rings. The van der Waals surface area contributed by atoms with Crippen LogP contribution in [0.15, 0.2) is 24.3 Å². The number of amides is 1. The lowest BCUT2D eigenvalue weighted by molar-refractivity contribution is 0.0994. The Kier molecular flexibility index (Phi) is 4.22. The normalized spacial score (nSPS) is 15.8. The highest BCUT2D eigenvalue weighted by Crippen LogP contribution is 2.28. The highest BCUT2D eigenvalue weighted by molar-refractivity contribution is 5.93. The molecule has 0 aliphatic carbocycles. The van der Waals surface area contributed by atoms with E-state index in [0.29, 0.717) is 12.2 Å². The molecule has 24 heavy (non-hydrogen) atoms. The predicted octanol–water partition coefficient (Wildman–Crippen LogP) is 2.78. The minimum Gasteiger partial charge on any atom is -0.364 e. The van der Waals surface area contributed by atoms with Crippen LogP contribution in [0.5, 0.6) is 0 Å². The van der Waals surface area contributed by atoms with Crippen LogP contribution in [0, 0.1) is 0 Å². The molecular formula is C19H26N4O. The quantitative estimate of drug-likeness (QED) is 0.923. The van der Waals surface area contributed by atoms with Crippen LogP contribution in [-0.2, 0) is 18.5 Å². The maximum absolute atomic E-state index is 11.8. The Morgan fingerprint density at radius 1 is 1.17 bits per heavy atom. The predicted molar refractivity (Wildman–Crippen MR) is 95.8 cm³/mol. The minimum absolute atomic E-state index is 0.114. The van der Waals surface area contributed by atoms with E-state index in [1.54, 1.807) is 0 Å². The third-order valence-electron chi connectivity index (χ3n) is 4.66. The summed E-state index contributed by atoms with van der Waals surface area (Å²) >= 11 is 0. The Morgan fingerprint density at radius 3 is 2.42 bits per heavy atom. The van der Waals surface area contributed by atoms with Crippen molar-refractivity contribution in [3.63, 3.8) is 0 Å². The maximum Gasteiger partial charge on any atom is 0.269 e. The summed E-state index contributed by atoms with van der Waals surface area (Å²) in [5.74, 6) is 0.390. The van der Waals surface area contributed by atoms with Crippen molar-refractivity contribution in [2.75, 3.05) is 13.6 Å². The number of aromatic nitrogens is 2. The van der Waals surface area contributed by atoms with Gasteiger partial charge in [-0.3, -0.25) is 4.79 Å². The van der Waals surface area contributed by atoms with E-state index in [1.165, 1.54) is 5.56 Å². The molecule has 2 heterocycles. The van der Waals surface area contributed by atoms with Crippen molar-refractivity contribution >= 4 is 5.91 Å². The lowest BCUT2D eigenvalue weighted by Gasteiger charge is -2.19. The van der Waals surface area contributed by atoms with E-state index < -0.39 is 5.91 Å². The Morgan fingerprint density at radius 2 is 1.83 bits per heavy atom. The first-order chi connectivity index (χ1) is 11.3. The summed E-state index contributed by atoms with van der Waals surface area (Å²) in [6.45, 7) is 9.16. The molecule has 0 atom stereocenters. The van der Waals surface area contributed by atoms with Gasteiger partial charge in [-0.15, -0.1) is 0 Å². The van der Waals surface area contributed by atoms with Crippen molar-refractivity contribution in [2.45, 2.75) is 45.7 Å². The molecular weight excluding hydrogens is 300 g/mol. The molecule has 5 nitrogen and oxygen atoms in total. The average Bonchev–Trinajstić information content (AvgIpc) is 2.74. The van der Waals surface area contributed by atoms with Crippen molar-refractivity contribution in [1.82, 2.24) is 14.5 Å². The summed E-state index contributed by atoms with van der Waals surface area (Å²) in [6, 6.07) is 8.47. The summed E-state index contributed by atoms with van der Waals surface area (Å²) in [5, 5.41) is 0. The van der Waals surface area contributed by atoms with Gasteiger partial charge in [-0.05, 0) is 31.0 Å². The van der Waals surface area contributed by atoms with Crippen LogP contribution in [0.25, 0.3) is 11.4 Å². The number of carbonyl (C=O) groups excluding carboxylic acids is 1. The van der Waals surface area contributed by atoms with Crippen LogP contribution in [0.4, 0.5) is 0 Å². The van der Waals surface area contributed by atoms with Crippen LogP contribution in [-0.4, -0.2) is 34.0 Å². The molecule has 128 valence electrons. The number of hydrogen-bond donors (Lipinski definition) is 1. The third kappa shape index (κ3) is 3.08. The van der Waals surface area contributed by atoms with E-state index in [9.17, 15) is 4.79 Å². The lowest BCUT2D eigenvalue weighted by Crippen LogP contribution is -2.21. The van der Waals surface area contributed by atoms with Crippen LogP contribution < -0.4 is 5.73 Å². The van der Waals surface area contributed by atoms with Crippen LogP contribution >= 0.6 is 0 Å². The molecule has 2 N–H and O–H groups in total. The van der Waals surface area contributed by atoms with Crippen molar-refractivity contribution in [3.8, 4) is 11.4 Å². The van der Waals surface area contributed by atoms with Gasteiger partial charge in [0.2, 0.25) is 0 Å². The number of fused-ring (bicyclic) bond motifs is 1. The van der Waals surface area contributed by atoms with E-state index in [2.05, 4.69) is 66.5 Å². The van der Waals surface area contributed by atoms with Gasteiger partial charge < -0.3 is 15.2 Å². The van der Waals surface area contributed by atoms with Gasteiger partial charge in [-0.1, -0.05) is 45.0 Å². The number of nitrogens with two attached hydrogens (primary N) is 1. The van der Waals surface area contributed by atoms with Crippen molar-refractivity contribution in [3.05, 3.63) is 41.2 Å². The van der Waals surface area contributed by atoms with Gasteiger partial charge >= 0.3 is 0 Å². The molecule has 1 aromatic carbocycles. The zero-order valence-electron chi connectivity index (χ0n) is 15.0. The molecule has 0 radical (unpaired) electrons. The SMILES string of the molecule is CN1CCCn2c(-c3ccc(C(C)(C)C)cc3)nc(C(N)=O)c2C1. The molecule has 0 saturated carbocycles. The number of imidazole rings is 1. The first kappa shape index (κ1) is 16.7. The second-order valence-electron chi connectivity index (χ2n) is 7.67. The Balaban J connectivity index is 2.08. The van der Waals surface area contributed by atoms with Gasteiger partial charge in [-0.25, -0.2) is 4.98 Å². The van der Waals surface area contributed by atoms with Crippen LogP contribution in [0.3, 0.4) is 0 Å². The molecule has 0 unspecified atom stereocenters. The molecule has 0 fully saturated rings. The first-order valence-electron chi connectivity index (χ1n) is 8.46. The molecule has 0 spiro atoms. The Labute approximate surface area is 143 Å². The Hall–Kier alpha value is -2.14. The monoisotopic (exact) mass is 326 g/mol. The van der Waals surface area contributed by atoms with Gasteiger partial charge in [0.05, 0.1) is 5.69 Å². The molecule has 2 aromatic rings. The standard InChI is InChI=1S/C19H26N4O/c1-19(2,3)14-8-6-13(7-9-14)18-21-16(17(20)24)15-12-22(4)10-5-11-23(15)18/h6-9H,5,10-12H2,1-4H3,(H2,20,24). The second-order valence-corrected chi connectivity index (χ2v) is 7.67. The number of rotatable bonds is 2. The molecule has 0 saturated heterocycles. The van der Waals surface area contributed by atoms with Gasteiger partial charge in [-0.2, -0.15) is 0 Å². The van der Waals surface area contributed by atoms with E-state index in [1.807, 2.05) is 0 Å². The number of primary amides is 1. The zero-order chi connectivity index (χ0) is 17.5. The van der Waals surface area contributed by atoms with Gasteiger partial charge in [0.1, 0.15) is 5.82 Å². The highest BCUT2D eigenvalue weighted by atomic mass is 16.1. The summed E-state index contributed by atoms with van der Waals surface area (Å²) in [7, 11) is 2.06. The van der Waals surface area contributed by atoms with Gasteiger partial charge in [0.25, 0.3) is 5.91 Å². The smallest absolute Gasteiger partial charge is 0.269 e. The molecule has 0 bridgehead atoms. The van der Waals surface area contributed by atoms with Crippen molar-refractivity contribution < 1.29 is 4.79 Å². The third-order valence-corrected chi connectivity index (χ3v) is 4.66. The topological polar surface area (TPSA) is 64.2 Å². The maximum atomic E-state index is 11.8. The van der Waals surface area contributed by atoms with Crippen LogP contribution in [0.2, 0.25) is 0 Å². The minimum atomic E-state index is -0.452. The number of carbonyl (C=O) groups is 1. The fourth-order valence-electron chi connectivity index (χ4n) is 3.26. The summed E-state index contributed by atoms with van der Waals surface area (Å²) < 4.78 is 2.16. The molecule has 3 rings (SSSR count). The highest BCUT2D eigenvalue weighted by Gasteiger charge is 2.24. The largest absolute Gasteiger partial charge is 0.364 e. The van der Waals surface area contributed by atoms with Gasteiger partial charge in [0.15, 0.2) is 5.69 Å². The van der Waals surface area contributed by atoms with E-state index in [4.69, 9.17) is 5.73 Å². The van der Waals surface area contributed by atoms with Crippen molar-refractivity contribution in [1.29, 1.82) is 0 Å². The zero-order valence-corrected chi connectivity index (χ0v) is 15.0. The van der Waals surface area contributed by atoms with E-state index in [0.717, 1.165) is 36.6 Å². The van der Waals surface area contributed by atoms with E-state index in [-0.39, 0.29) is 5.41 Å². The summed E-state index contributed by atoms with van der Waals surface area (Å²) in [6.07, 6.45) is 1.03. The average molecular weight is 326 g/mol. The molecule has 1 aliphatic heterocycles. The Bertz CT molecular complexity index is 753. The fourth-order valence-corrected chi connectivity index (χ4v) is 3.26. The lowest BCUT2D eigenvalue weighted by atomic mass is 9.87.